The van der Waals surface area contributed by atoms with Crippen molar-refractivity contribution in [2.45, 2.75) is 52.6 Å². The standard InChI is InChI=1S/C22H28O/c1-4-5-7-15-21(18(3)23)22(19-12-8-6-9-13-19)20-14-10-11-17(2)16-20/h6,8-14,16,18,23H,4-5,7,15H2,1-3H3/b22-21-. The summed E-state index contributed by atoms with van der Waals surface area (Å²) in [5.41, 5.74) is 5.97. The van der Waals surface area contributed by atoms with E-state index in [4.69, 9.17) is 0 Å². The summed E-state index contributed by atoms with van der Waals surface area (Å²) in [6.07, 6.45) is 4.04. The Morgan fingerprint density at radius 3 is 2.26 bits per heavy atom. The third-order valence-electron chi connectivity index (χ3n) is 4.24. The van der Waals surface area contributed by atoms with Crippen molar-refractivity contribution in [2.75, 3.05) is 0 Å². The molecule has 2 aromatic carbocycles. The molecule has 0 heterocycles. The second-order valence-corrected chi connectivity index (χ2v) is 6.27. The fourth-order valence-corrected chi connectivity index (χ4v) is 3.05. The Bertz CT molecular complexity index is 638. The third kappa shape index (κ3) is 4.80. The maximum atomic E-state index is 10.4. The molecule has 0 saturated heterocycles. The van der Waals surface area contributed by atoms with Crippen LogP contribution in [0.15, 0.2) is 60.2 Å². The molecule has 122 valence electrons. The zero-order valence-electron chi connectivity index (χ0n) is 14.5. The first-order valence-electron chi connectivity index (χ1n) is 8.67. The molecule has 0 aliphatic heterocycles. The smallest absolute Gasteiger partial charge is 0.0731 e. The molecule has 1 unspecified atom stereocenters. The Labute approximate surface area is 140 Å². The van der Waals surface area contributed by atoms with Crippen molar-refractivity contribution in [1.82, 2.24) is 0 Å². The summed E-state index contributed by atoms with van der Waals surface area (Å²) in [4.78, 5) is 0. The van der Waals surface area contributed by atoms with Crippen molar-refractivity contribution in [3.63, 3.8) is 0 Å². The van der Waals surface area contributed by atoms with Gasteiger partial charge in [-0.25, -0.2) is 0 Å². The van der Waals surface area contributed by atoms with Gasteiger partial charge < -0.3 is 5.11 Å². The zero-order valence-corrected chi connectivity index (χ0v) is 14.5. The molecular formula is C22H28O. The summed E-state index contributed by atoms with van der Waals surface area (Å²) in [7, 11) is 0. The Morgan fingerprint density at radius 1 is 0.957 bits per heavy atom. The van der Waals surface area contributed by atoms with E-state index in [0.29, 0.717) is 0 Å². The molecule has 0 aromatic heterocycles. The molecule has 0 aliphatic carbocycles. The SMILES string of the molecule is CCCCC/C(=C(\c1ccccc1)c1cccc(C)c1)C(C)O. The van der Waals surface area contributed by atoms with E-state index >= 15 is 0 Å². The summed E-state index contributed by atoms with van der Waals surface area (Å²) in [5.74, 6) is 0. The van der Waals surface area contributed by atoms with Gasteiger partial charge in [0.25, 0.3) is 0 Å². The molecule has 0 radical (unpaired) electrons. The van der Waals surface area contributed by atoms with Gasteiger partial charge in [-0.1, -0.05) is 79.9 Å². The monoisotopic (exact) mass is 308 g/mol. The van der Waals surface area contributed by atoms with Crippen LogP contribution in [0, 0.1) is 6.92 Å². The molecular weight excluding hydrogens is 280 g/mol. The molecule has 23 heavy (non-hydrogen) atoms. The van der Waals surface area contributed by atoms with Crippen LogP contribution in [0.5, 0.6) is 0 Å². The fraction of sp³-hybridized carbons (Fsp3) is 0.364. The number of rotatable bonds is 7. The first-order valence-corrected chi connectivity index (χ1v) is 8.67. The third-order valence-corrected chi connectivity index (χ3v) is 4.24. The van der Waals surface area contributed by atoms with E-state index in [1.54, 1.807) is 0 Å². The van der Waals surface area contributed by atoms with Gasteiger partial charge in [0.2, 0.25) is 0 Å². The molecule has 0 aliphatic rings. The highest BCUT2D eigenvalue weighted by Gasteiger charge is 2.15. The highest BCUT2D eigenvalue weighted by molar-refractivity contribution is 5.82. The number of hydrogen-bond acceptors (Lipinski definition) is 1. The Kier molecular flexibility index (Phi) is 6.61. The van der Waals surface area contributed by atoms with E-state index < -0.39 is 6.10 Å². The summed E-state index contributed by atoms with van der Waals surface area (Å²) in [6.45, 7) is 6.22. The normalized spacial score (nSPS) is 13.6. The number of benzene rings is 2. The first kappa shape index (κ1) is 17.5. The molecule has 1 nitrogen and oxygen atoms in total. The summed E-state index contributed by atoms with van der Waals surface area (Å²) in [6, 6.07) is 19.0. The molecule has 0 amide bonds. The quantitative estimate of drug-likeness (QED) is 0.645. The molecule has 2 rings (SSSR count). The lowest BCUT2D eigenvalue weighted by Gasteiger charge is -2.19. The molecule has 1 heteroatoms. The van der Waals surface area contributed by atoms with E-state index in [1.165, 1.54) is 35.1 Å². The minimum absolute atomic E-state index is 0.428. The number of unbranched alkanes of at least 4 members (excludes halogenated alkanes) is 2. The van der Waals surface area contributed by atoms with E-state index in [1.807, 2.05) is 13.0 Å². The topological polar surface area (TPSA) is 20.2 Å². The summed E-state index contributed by atoms with van der Waals surface area (Å²) >= 11 is 0. The van der Waals surface area contributed by atoms with Crippen molar-refractivity contribution >= 4 is 5.57 Å². The van der Waals surface area contributed by atoms with Crippen LogP contribution in [0.4, 0.5) is 0 Å². The van der Waals surface area contributed by atoms with Crippen molar-refractivity contribution in [2.24, 2.45) is 0 Å². The van der Waals surface area contributed by atoms with Crippen molar-refractivity contribution in [1.29, 1.82) is 0 Å². The second kappa shape index (κ2) is 8.69. The molecule has 0 bridgehead atoms. The van der Waals surface area contributed by atoms with Gasteiger partial charge in [0.05, 0.1) is 6.10 Å². The van der Waals surface area contributed by atoms with Crippen molar-refractivity contribution in [3.05, 3.63) is 76.9 Å². The van der Waals surface area contributed by atoms with Crippen molar-refractivity contribution in [3.8, 4) is 0 Å². The largest absolute Gasteiger partial charge is 0.389 e. The van der Waals surface area contributed by atoms with Gasteiger partial charge in [-0.15, -0.1) is 0 Å². The molecule has 2 aromatic rings. The summed E-state index contributed by atoms with van der Waals surface area (Å²) < 4.78 is 0. The molecule has 0 spiro atoms. The van der Waals surface area contributed by atoms with Gasteiger partial charge in [-0.2, -0.15) is 0 Å². The molecule has 0 fully saturated rings. The van der Waals surface area contributed by atoms with Gasteiger partial charge in [0.15, 0.2) is 0 Å². The average molecular weight is 308 g/mol. The predicted molar refractivity (Wildman–Crippen MR) is 99.5 cm³/mol. The van der Waals surface area contributed by atoms with Crippen LogP contribution in [0.25, 0.3) is 5.57 Å². The van der Waals surface area contributed by atoms with E-state index in [-0.39, 0.29) is 0 Å². The summed E-state index contributed by atoms with van der Waals surface area (Å²) in [5, 5.41) is 10.4. The van der Waals surface area contributed by atoms with Gasteiger partial charge in [-0.05, 0) is 49.0 Å². The van der Waals surface area contributed by atoms with Crippen molar-refractivity contribution < 1.29 is 5.11 Å². The highest BCUT2D eigenvalue weighted by Crippen LogP contribution is 2.31. The Balaban J connectivity index is 2.56. The van der Waals surface area contributed by atoms with Crippen LogP contribution in [0.1, 0.15) is 56.2 Å². The Hall–Kier alpha value is -1.86. The zero-order chi connectivity index (χ0) is 16.7. The van der Waals surface area contributed by atoms with Crippen LogP contribution >= 0.6 is 0 Å². The molecule has 0 saturated carbocycles. The minimum atomic E-state index is -0.428. The van der Waals surface area contributed by atoms with Crippen LogP contribution in [0.3, 0.4) is 0 Å². The lowest BCUT2D eigenvalue weighted by atomic mass is 9.87. The second-order valence-electron chi connectivity index (χ2n) is 6.27. The van der Waals surface area contributed by atoms with Crippen LogP contribution in [-0.4, -0.2) is 11.2 Å². The van der Waals surface area contributed by atoms with Crippen LogP contribution in [0.2, 0.25) is 0 Å². The number of aryl methyl sites for hydroxylation is 1. The minimum Gasteiger partial charge on any atom is -0.389 e. The highest BCUT2D eigenvalue weighted by atomic mass is 16.3. The fourth-order valence-electron chi connectivity index (χ4n) is 3.05. The lowest BCUT2D eigenvalue weighted by molar-refractivity contribution is 0.227. The average Bonchev–Trinajstić information content (AvgIpc) is 2.55. The van der Waals surface area contributed by atoms with Crippen LogP contribution in [-0.2, 0) is 0 Å². The van der Waals surface area contributed by atoms with Gasteiger partial charge in [-0.3, -0.25) is 0 Å². The lowest BCUT2D eigenvalue weighted by Crippen LogP contribution is -2.09. The van der Waals surface area contributed by atoms with Gasteiger partial charge in [0.1, 0.15) is 0 Å². The number of aliphatic hydroxyl groups excluding tert-OH is 1. The van der Waals surface area contributed by atoms with Crippen LogP contribution < -0.4 is 0 Å². The van der Waals surface area contributed by atoms with E-state index in [2.05, 4.69) is 62.4 Å². The molecule has 1 atom stereocenters. The maximum Gasteiger partial charge on any atom is 0.0731 e. The van der Waals surface area contributed by atoms with Gasteiger partial charge in [0, 0.05) is 0 Å². The van der Waals surface area contributed by atoms with E-state index in [0.717, 1.165) is 18.4 Å². The maximum absolute atomic E-state index is 10.4. The predicted octanol–water partition coefficient (Wildman–Crippen LogP) is 5.76. The molecule has 1 N–H and O–H groups in total. The number of aliphatic hydroxyl groups is 1. The van der Waals surface area contributed by atoms with Gasteiger partial charge >= 0.3 is 0 Å². The van der Waals surface area contributed by atoms with E-state index in [9.17, 15) is 5.11 Å². The first-order chi connectivity index (χ1) is 11.1. The number of hydrogen-bond donors (Lipinski definition) is 1. The Morgan fingerprint density at radius 2 is 1.65 bits per heavy atom.